The van der Waals surface area contributed by atoms with E-state index in [1.54, 1.807) is 0 Å². The van der Waals surface area contributed by atoms with E-state index in [4.69, 9.17) is 0 Å². The highest BCUT2D eigenvalue weighted by atomic mass is 14.1. The smallest absolute Gasteiger partial charge is 0.0219 e. The Morgan fingerprint density at radius 3 is 1.50 bits per heavy atom. The molecule has 0 saturated carbocycles. The van der Waals surface area contributed by atoms with Crippen molar-refractivity contribution in [1.82, 2.24) is 0 Å². The molecule has 1 aromatic carbocycles. The van der Waals surface area contributed by atoms with E-state index < -0.39 is 0 Å². The van der Waals surface area contributed by atoms with Crippen LogP contribution >= 0.6 is 0 Å². The van der Waals surface area contributed by atoms with Crippen LogP contribution in [0.1, 0.15) is 50.7 Å². The highest BCUT2D eigenvalue weighted by molar-refractivity contribution is 5.27. The summed E-state index contributed by atoms with van der Waals surface area (Å²) in [6, 6.07) is 8.88. The van der Waals surface area contributed by atoms with Crippen molar-refractivity contribution >= 4 is 0 Å². The molecule has 0 spiro atoms. The molecule has 0 heteroatoms. The molecular weight excluding hydrogens is 168 g/mol. The second-order valence-electron chi connectivity index (χ2n) is 3.98. The van der Waals surface area contributed by atoms with Crippen LogP contribution in [0.2, 0.25) is 0 Å². The summed E-state index contributed by atoms with van der Waals surface area (Å²) in [5.74, 6) is 1.28. The van der Waals surface area contributed by atoms with Gasteiger partial charge in [0.25, 0.3) is 0 Å². The second-order valence-corrected chi connectivity index (χ2v) is 3.98. The molecule has 0 amide bonds. The molecule has 0 bridgehead atoms. The van der Waals surface area contributed by atoms with Crippen LogP contribution in [0.25, 0.3) is 0 Å². The van der Waals surface area contributed by atoms with Crippen molar-refractivity contribution in [3.63, 3.8) is 0 Å². The summed E-state index contributed by atoms with van der Waals surface area (Å²) in [6.07, 6.45) is 0. The Morgan fingerprint density at radius 1 is 0.857 bits per heavy atom. The number of hydrogen-bond donors (Lipinski definition) is 0. The van der Waals surface area contributed by atoms with E-state index in [0.29, 0.717) is 11.8 Å². The van der Waals surface area contributed by atoms with Gasteiger partial charge in [0.1, 0.15) is 0 Å². The minimum atomic E-state index is 0.642. The first-order valence-electron chi connectivity index (χ1n) is 5.21. The van der Waals surface area contributed by atoms with Gasteiger partial charge in [-0.05, 0) is 23.0 Å². The average Bonchev–Trinajstić information content (AvgIpc) is 2.21. The minimum Gasteiger partial charge on any atom is -0.106 e. The van der Waals surface area contributed by atoms with Crippen LogP contribution in [0.15, 0.2) is 37.4 Å². The summed E-state index contributed by atoms with van der Waals surface area (Å²) in [5, 5.41) is 0. The lowest BCUT2D eigenvalue weighted by Gasteiger charge is -2.09. The predicted octanol–water partition coefficient (Wildman–Crippen LogP) is 4.74. The minimum absolute atomic E-state index is 0.642. The first-order valence-corrected chi connectivity index (χ1v) is 5.21. The number of hydrogen-bond acceptors (Lipinski definition) is 0. The van der Waals surface area contributed by atoms with E-state index in [-0.39, 0.29) is 0 Å². The first kappa shape index (κ1) is 13.0. The zero-order valence-electron chi connectivity index (χ0n) is 9.88. The molecule has 0 N–H and O–H groups in total. The SMILES string of the molecule is C=C.CC(C)c1cccc(C(C)C)c1. The van der Waals surface area contributed by atoms with Crippen LogP contribution in [-0.2, 0) is 0 Å². The Kier molecular flexibility index (Phi) is 5.94. The number of rotatable bonds is 2. The summed E-state index contributed by atoms with van der Waals surface area (Å²) in [5.41, 5.74) is 2.89. The normalized spacial score (nSPS) is 9.86. The van der Waals surface area contributed by atoms with E-state index in [9.17, 15) is 0 Å². The van der Waals surface area contributed by atoms with E-state index in [0.717, 1.165) is 0 Å². The molecule has 0 aliphatic carbocycles. The molecule has 0 radical (unpaired) electrons. The molecule has 0 saturated heterocycles. The van der Waals surface area contributed by atoms with Gasteiger partial charge in [0.2, 0.25) is 0 Å². The van der Waals surface area contributed by atoms with Crippen molar-refractivity contribution in [2.24, 2.45) is 0 Å². The van der Waals surface area contributed by atoms with Crippen LogP contribution in [0.4, 0.5) is 0 Å². The summed E-state index contributed by atoms with van der Waals surface area (Å²) < 4.78 is 0. The van der Waals surface area contributed by atoms with Gasteiger partial charge in [-0.3, -0.25) is 0 Å². The summed E-state index contributed by atoms with van der Waals surface area (Å²) in [7, 11) is 0. The molecule has 0 heterocycles. The monoisotopic (exact) mass is 190 g/mol. The van der Waals surface area contributed by atoms with E-state index in [1.807, 2.05) is 0 Å². The molecule has 0 aromatic heterocycles. The van der Waals surface area contributed by atoms with Crippen molar-refractivity contribution in [3.05, 3.63) is 48.6 Å². The van der Waals surface area contributed by atoms with Crippen molar-refractivity contribution in [2.45, 2.75) is 39.5 Å². The van der Waals surface area contributed by atoms with Gasteiger partial charge < -0.3 is 0 Å². The highest BCUT2D eigenvalue weighted by Gasteiger charge is 2.02. The third-order valence-corrected chi connectivity index (χ3v) is 2.24. The van der Waals surface area contributed by atoms with Gasteiger partial charge in [-0.25, -0.2) is 0 Å². The van der Waals surface area contributed by atoms with Gasteiger partial charge in [-0.2, -0.15) is 0 Å². The largest absolute Gasteiger partial charge is 0.106 e. The molecule has 0 aliphatic heterocycles. The van der Waals surface area contributed by atoms with Gasteiger partial charge in [-0.1, -0.05) is 52.0 Å². The van der Waals surface area contributed by atoms with Crippen LogP contribution in [0.5, 0.6) is 0 Å². The Morgan fingerprint density at radius 2 is 1.21 bits per heavy atom. The lowest BCUT2D eigenvalue weighted by molar-refractivity contribution is 0.834. The zero-order chi connectivity index (χ0) is 11.1. The summed E-state index contributed by atoms with van der Waals surface area (Å²) >= 11 is 0. The lowest BCUT2D eigenvalue weighted by Crippen LogP contribution is -1.91. The fraction of sp³-hybridized carbons (Fsp3) is 0.429. The van der Waals surface area contributed by atoms with Crippen LogP contribution in [0, 0.1) is 0 Å². The Hall–Kier alpha value is -1.04. The molecule has 1 aromatic rings. The molecule has 0 nitrogen and oxygen atoms in total. The third kappa shape index (κ3) is 3.78. The van der Waals surface area contributed by atoms with Crippen molar-refractivity contribution in [1.29, 1.82) is 0 Å². The molecule has 0 fully saturated rings. The van der Waals surface area contributed by atoms with Crippen molar-refractivity contribution in [2.75, 3.05) is 0 Å². The summed E-state index contributed by atoms with van der Waals surface area (Å²) in [6.45, 7) is 14.9. The van der Waals surface area contributed by atoms with Crippen molar-refractivity contribution < 1.29 is 0 Å². The maximum atomic E-state index is 3.00. The van der Waals surface area contributed by atoms with Gasteiger partial charge in [0.15, 0.2) is 0 Å². The van der Waals surface area contributed by atoms with Crippen LogP contribution < -0.4 is 0 Å². The Labute approximate surface area is 88.7 Å². The number of benzene rings is 1. The Balaban J connectivity index is 0.000000791. The van der Waals surface area contributed by atoms with E-state index >= 15 is 0 Å². The fourth-order valence-electron chi connectivity index (χ4n) is 1.28. The summed E-state index contributed by atoms with van der Waals surface area (Å²) in [4.78, 5) is 0. The fourth-order valence-corrected chi connectivity index (χ4v) is 1.28. The maximum absolute atomic E-state index is 3.00. The quantitative estimate of drug-likeness (QED) is 0.591. The van der Waals surface area contributed by atoms with E-state index in [1.165, 1.54) is 11.1 Å². The van der Waals surface area contributed by atoms with Gasteiger partial charge >= 0.3 is 0 Å². The molecule has 0 unspecified atom stereocenters. The van der Waals surface area contributed by atoms with Gasteiger partial charge in [0, 0.05) is 0 Å². The molecule has 0 atom stereocenters. The van der Waals surface area contributed by atoms with Gasteiger partial charge in [0.05, 0.1) is 0 Å². The second kappa shape index (κ2) is 6.42. The topological polar surface area (TPSA) is 0 Å². The lowest BCUT2D eigenvalue weighted by atomic mass is 9.96. The zero-order valence-corrected chi connectivity index (χ0v) is 9.88. The maximum Gasteiger partial charge on any atom is -0.0219 e. The standard InChI is InChI=1S/C12H18.C2H4/c1-9(2)11-6-5-7-12(8-11)10(3)4;1-2/h5-10H,1-4H3;1-2H2. The van der Waals surface area contributed by atoms with Crippen molar-refractivity contribution in [3.8, 4) is 0 Å². The van der Waals surface area contributed by atoms with Crippen LogP contribution in [0.3, 0.4) is 0 Å². The molecular formula is C14H22. The molecule has 14 heavy (non-hydrogen) atoms. The average molecular weight is 190 g/mol. The highest BCUT2D eigenvalue weighted by Crippen LogP contribution is 2.20. The molecule has 1 rings (SSSR count). The van der Waals surface area contributed by atoms with Crippen LogP contribution in [-0.4, -0.2) is 0 Å². The van der Waals surface area contributed by atoms with E-state index in [2.05, 4.69) is 65.1 Å². The third-order valence-electron chi connectivity index (χ3n) is 2.24. The predicted molar refractivity (Wildman–Crippen MR) is 65.9 cm³/mol. The Bertz CT molecular complexity index is 235. The molecule has 0 aliphatic rings. The van der Waals surface area contributed by atoms with Gasteiger partial charge in [-0.15, -0.1) is 13.2 Å². The molecule has 78 valence electrons. The first-order chi connectivity index (χ1) is 6.61.